The van der Waals surface area contributed by atoms with Crippen molar-refractivity contribution in [1.29, 1.82) is 0 Å². The van der Waals surface area contributed by atoms with Crippen molar-refractivity contribution in [2.24, 2.45) is 0 Å². The molecule has 6 heteroatoms. The van der Waals surface area contributed by atoms with Gasteiger partial charge in [-0.3, -0.25) is 0 Å². The number of aromatic nitrogens is 1. The number of pyridine rings is 1. The third kappa shape index (κ3) is 3.79. The highest BCUT2D eigenvalue weighted by atomic mass is 79.9. The molecule has 152 valence electrons. The molecule has 0 atom stereocenters. The second-order valence-corrected chi connectivity index (χ2v) is 8.52. The van der Waals surface area contributed by atoms with Gasteiger partial charge in [0.05, 0.1) is 25.4 Å². The van der Waals surface area contributed by atoms with Gasteiger partial charge in [-0.2, -0.15) is 0 Å². The Morgan fingerprint density at radius 3 is 2.59 bits per heavy atom. The molecule has 5 nitrogen and oxygen atoms in total. The van der Waals surface area contributed by atoms with E-state index in [1.54, 1.807) is 14.2 Å². The average molecular weight is 456 g/mol. The Bertz CT molecular complexity index is 1070. The van der Waals surface area contributed by atoms with Crippen molar-refractivity contribution in [3.63, 3.8) is 0 Å². The number of nitrogens with one attached hydrogen (secondary N) is 1. The lowest BCUT2D eigenvalue weighted by Crippen LogP contribution is -2.17. The van der Waals surface area contributed by atoms with Gasteiger partial charge in [0, 0.05) is 39.6 Å². The number of anilines is 1. The zero-order valence-electron chi connectivity index (χ0n) is 17.3. The fourth-order valence-electron chi connectivity index (χ4n) is 3.96. The van der Waals surface area contributed by atoms with Crippen LogP contribution in [0.2, 0.25) is 0 Å². The molecule has 0 saturated heterocycles. The third-order valence-electron chi connectivity index (χ3n) is 5.36. The van der Waals surface area contributed by atoms with Gasteiger partial charge in [0.1, 0.15) is 0 Å². The van der Waals surface area contributed by atoms with Gasteiger partial charge < -0.3 is 19.7 Å². The monoisotopic (exact) mass is 455 g/mol. The minimum Gasteiger partial charge on any atom is -0.493 e. The lowest BCUT2D eigenvalue weighted by Gasteiger charge is -2.16. The molecule has 0 saturated carbocycles. The largest absolute Gasteiger partial charge is 0.493 e. The maximum atomic E-state index is 5.53. The van der Waals surface area contributed by atoms with Gasteiger partial charge in [-0.25, -0.2) is 4.98 Å². The molecule has 29 heavy (non-hydrogen) atoms. The number of fused-ring (bicyclic) bond motifs is 4. The van der Waals surface area contributed by atoms with Crippen molar-refractivity contribution >= 4 is 32.5 Å². The molecule has 1 aliphatic rings. The van der Waals surface area contributed by atoms with Gasteiger partial charge >= 0.3 is 0 Å². The summed E-state index contributed by atoms with van der Waals surface area (Å²) in [5.74, 6) is 1.49. The number of rotatable bonds is 7. The van der Waals surface area contributed by atoms with E-state index < -0.39 is 0 Å². The first-order valence-corrected chi connectivity index (χ1v) is 10.6. The molecule has 1 aliphatic carbocycles. The molecule has 4 rings (SSSR count). The zero-order valence-corrected chi connectivity index (χ0v) is 18.9. The predicted molar refractivity (Wildman–Crippen MR) is 122 cm³/mol. The first-order valence-electron chi connectivity index (χ1n) is 9.77. The van der Waals surface area contributed by atoms with Crippen LogP contribution in [0.5, 0.6) is 11.5 Å². The van der Waals surface area contributed by atoms with E-state index in [1.165, 1.54) is 16.8 Å². The number of ether oxygens (including phenoxy) is 2. The molecule has 0 amide bonds. The van der Waals surface area contributed by atoms with Crippen LogP contribution in [0.15, 0.2) is 34.8 Å². The van der Waals surface area contributed by atoms with E-state index in [0.29, 0.717) is 0 Å². The van der Waals surface area contributed by atoms with Crippen molar-refractivity contribution in [2.75, 3.05) is 46.7 Å². The van der Waals surface area contributed by atoms with E-state index in [1.807, 2.05) is 12.1 Å². The van der Waals surface area contributed by atoms with Gasteiger partial charge in [0.15, 0.2) is 11.5 Å². The number of hydrogen-bond acceptors (Lipinski definition) is 5. The molecular formula is C23H26BrN3O2. The summed E-state index contributed by atoms with van der Waals surface area (Å²) < 4.78 is 12.1. The van der Waals surface area contributed by atoms with Crippen molar-refractivity contribution < 1.29 is 9.47 Å². The molecule has 0 unspecified atom stereocenters. The summed E-state index contributed by atoms with van der Waals surface area (Å²) in [7, 11) is 7.56. The van der Waals surface area contributed by atoms with Gasteiger partial charge in [-0.1, -0.05) is 15.9 Å². The van der Waals surface area contributed by atoms with E-state index in [0.717, 1.165) is 64.1 Å². The van der Waals surface area contributed by atoms with Crippen molar-refractivity contribution in [2.45, 2.75) is 12.8 Å². The number of hydrogen-bond donors (Lipinski definition) is 1. The smallest absolute Gasteiger partial charge is 0.161 e. The Labute approximate surface area is 180 Å². The zero-order chi connectivity index (χ0) is 20.5. The van der Waals surface area contributed by atoms with Crippen LogP contribution in [0.25, 0.3) is 22.2 Å². The highest BCUT2D eigenvalue weighted by Gasteiger charge is 2.27. The van der Waals surface area contributed by atoms with Crippen LogP contribution >= 0.6 is 15.9 Å². The third-order valence-corrected chi connectivity index (χ3v) is 5.86. The molecule has 1 N–H and O–H groups in total. The molecule has 0 spiro atoms. The minimum atomic E-state index is 0.734. The van der Waals surface area contributed by atoms with Gasteiger partial charge in [-0.05, 0) is 63.0 Å². The van der Waals surface area contributed by atoms with E-state index >= 15 is 0 Å². The van der Waals surface area contributed by atoms with E-state index in [2.05, 4.69) is 58.4 Å². The number of methoxy groups -OCH3 is 2. The highest BCUT2D eigenvalue weighted by Crippen LogP contribution is 2.46. The Kier molecular flexibility index (Phi) is 5.65. The molecule has 1 aromatic heterocycles. The van der Waals surface area contributed by atoms with E-state index in [4.69, 9.17) is 14.5 Å². The molecule has 1 heterocycles. The molecule has 0 radical (unpaired) electrons. The van der Waals surface area contributed by atoms with Crippen LogP contribution in [-0.4, -0.2) is 51.3 Å². The number of nitrogens with zero attached hydrogens (tertiary/aromatic N) is 2. The standard InChI is InChI=1S/C23H26BrN3O2/c1-27(2)9-5-8-25-22-17-12-15(24)6-7-19(17)26-23-16-13-21(29-4)20(28-3)11-14(16)10-18(22)23/h6-7,11-13H,5,8-10H2,1-4H3,(H,25,26). The number of benzene rings is 2. The molecule has 3 aromatic rings. The second kappa shape index (κ2) is 8.20. The Morgan fingerprint density at radius 2 is 1.86 bits per heavy atom. The highest BCUT2D eigenvalue weighted by molar-refractivity contribution is 9.10. The van der Waals surface area contributed by atoms with Gasteiger partial charge in [0.25, 0.3) is 0 Å². The second-order valence-electron chi connectivity index (χ2n) is 7.60. The van der Waals surface area contributed by atoms with Crippen molar-refractivity contribution in [1.82, 2.24) is 9.88 Å². The Hall–Kier alpha value is -2.31. The summed E-state index contributed by atoms with van der Waals surface area (Å²) in [5, 5.41) is 4.86. The van der Waals surface area contributed by atoms with E-state index in [-0.39, 0.29) is 0 Å². The molecular weight excluding hydrogens is 430 g/mol. The summed E-state index contributed by atoms with van der Waals surface area (Å²) >= 11 is 3.62. The molecule has 0 aliphatic heterocycles. The average Bonchev–Trinajstić information content (AvgIpc) is 3.06. The summed E-state index contributed by atoms with van der Waals surface area (Å²) in [4.78, 5) is 7.23. The molecule has 2 aromatic carbocycles. The minimum absolute atomic E-state index is 0.734. The summed E-state index contributed by atoms with van der Waals surface area (Å²) in [6, 6.07) is 10.4. The maximum absolute atomic E-state index is 5.53. The van der Waals surface area contributed by atoms with Gasteiger partial charge in [-0.15, -0.1) is 0 Å². The lowest BCUT2D eigenvalue weighted by atomic mass is 10.1. The van der Waals surface area contributed by atoms with Crippen LogP contribution in [0.3, 0.4) is 0 Å². The lowest BCUT2D eigenvalue weighted by molar-refractivity contribution is 0.355. The maximum Gasteiger partial charge on any atom is 0.161 e. The normalized spacial score (nSPS) is 12.2. The van der Waals surface area contributed by atoms with Crippen molar-refractivity contribution in [3.8, 4) is 22.8 Å². The summed E-state index contributed by atoms with van der Waals surface area (Å²) in [6.45, 7) is 1.97. The van der Waals surface area contributed by atoms with Crippen molar-refractivity contribution in [3.05, 3.63) is 45.9 Å². The van der Waals surface area contributed by atoms with Crippen LogP contribution in [0.4, 0.5) is 5.69 Å². The summed E-state index contributed by atoms with van der Waals surface area (Å²) in [5.41, 5.74) is 6.79. The molecule has 0 fully saturated rings. The van der Waals surface area contributed by atoms with Gasteiger partial charge in [0.2, 0.25) is 0 Å². The van der Waals surface area contributed by atoms with Crippen LogP contribution < -0.4 is 14.8 Å². The van der Waals surface area contributed by atoms with Crippen LogP contribution in [0.1, 0.15) is 17.5 Å². The quantitative estimate of drug-likeness (QED) is 0.399. The van der Waals surface area contributed by atoms with Crippen LogP contribution in [-0.2, 0) is 6.42 Å². The SMILES string of the molecule is COc1cc2c(cc1OC)-c1nc3ccc(Br)cc3c(NCCCN(C)C)c1C2. The van der Waals surface area contributed by atoms with Crippen LogP contribution in [0, 0.1) is 0 Å². The predicted octanol–water partition coefficient (Wildman–Crippen LogP) is 4.95. The fraction of sp³-hybridized carbons (Fsp3) is 0.348. The topological polar surface area (TPSA) is 46.6 Å². The Balaban J connectivity index is 1.82. The molecule has 0 bridgehead atoms. The first-order chi connectivity index (χ1) is 14.0. The van der Waals surface area contributed by atoms with E-state index in [9.17, 15) is 0 Å². The fourth-order valence-corrected chi connectivity index (χ4v) is 4.32. The first kappa shape index (κ1) is 20.0. The number of halogens is 1. The Morgan fingerprint density at radius 1 is 1.10 bits per heavy atom. The summed E-state index contributed by atoms with van der Waals surface area (Å²) in [6.07, 6.45) is 1.91.